The van der Waals surface area contributed by atoms with Crippen molar-refractivity contribution in [3.05, 3.63) is 0 Å². The second kappa shape index (κ2) is 6.06. The number of hydrogen-bond donors (Lipinski definition) is 1. The molecular weight excluding hydrogens is 224 g/mol. The maximum atomic E-state index is 5.38. The fourth-order valence-electron chi connectivity index (χ4n) is 2.32. The fourth-order valence-corrected chi connectivity index (χ4v) is 3.91. The van der Waals surface area contributed by atoms with Gasteiger partial charge in [-0.25, -0.2) is 5.01 Å². The number of hydrogen-bond acceptors (Lipinski definition) is 3. The number of nitrogens with one attached hydrogen (secondary N) is 1. The molecule has 1 aliphatic heterocycles. The molecule has 2 rings (SSSR count). The molecule has 0 bridgehead atoms. The van der Waals surface area contributed by atoms with Crippen molar-refractivity contribution in [3.63, 3.8) is 0 Å². The highest BCUT2D eigenvalue weighted by Crippen LogP contribution is 2.29. The molecule has 0 spiro atoms. The zero-order valence-electron chi connectivity index (χ0n) is 9.21. The number of piperidine rings is 1. The normalized spacial score (nSPS) is 24.3. The average molecular weight is 244 g/mol. The van der Waals surface area contributed by atoms with Gasteiger partial charge in [-0.2, -0.15) is 0 Å². The minimum absolute atomic E-state index is 0.787. The highest BCUT2D eigenvalue weighted by molar-refractivity contribution is 8.23. The SMILES string of the molecule is S=C(NN1CCCCC1)SC1CCCC1. The zero-order chi connectivity index (χ0) is 10.5. The van der Waals surface area contributed by atoms with Crippen molar-refractivity contribution in [2.45, 2.75) is 50.2 Å². The van der Waals surface area contributed by atoms with Crippen LogP contribution in [0.25, 0.3) is 0 Å². The lowest BCUT2D eigenvalue weighted by Gasteiger charge is -2.28. The third-order valence-corrected chi connectivity index (χ3v) is 4.67. The van der Waals surface area contributed by atoms with Crippen LogP contribution in [-0.4, -0.2) is 27.7 Å². The van der Waals surface area contributed by atoms with Crippen molar-refractivity contribution in [2.75, 3.05) is 13.1 Å². The second-order valence-corrected chi connectivity index (χ2v) is 6.45. The first-order valence-electron chi connectivity index (χ1n) is 6.07. The van der Waals surface area contributed by atoms with E-state index in [4.69, 9.17) is 12.2 Å². The Morgan fingerprint density at radius 3 is 2.40 bits per heavy atom. The molecule has 0 unspecified atom stereocenters. The summed E-state index contributed by atoms with van der Waals surface area (Å²) in [4.78, 5) is 0. The Labute approximate surface area is 102 Å². The standard InChI is InChI=1S/C11H20N2S2/c14-11(15-10-6-2-3-7-10)12-13-8-4-1-5-9-13/h10H,1-9H2,(H,12,14). The molecule has 1 aliphatic carbocycles. The van der Waals surface area contributed by atoms with Crippen LogP contribution in [0, 0.1) is 0 Å². The van der Waals surface area contributed by atoms with E-state index < -0.39 is 0 Å². The first-order valence-corrected chi connectivity index (χ1v) is 7.35. The average Bonchev–Trinajstić information content (AvgIpc) is 2.71. The molecule has 1 heterocycles. The molecule has 1 saturated heterocycles. The number of nitrogens with zero attached hydrogens (tertiary/aromatic N) is 1. The molecule has 2 aliphatic rings. The number of thioether (sulfide) groups is 1. The Hall–Kier alpha value is 0.200. The van der Waals surface area contributed by atoms with E-state index in [1.807, 2.05) is 11.8 Å². The topological polar surface area (TPSA) is 15.3 Å². The molecule has 0 aromatic heterocycles. The van der Waals surface area contributed by atoms with E-state index in [1.165, 1.54) is 44.9 Å². The summed E-state index contributed by atoms with van der Waals surface area (Å²) in [5.41, 5.74) is 3.37. The molecule has 0 amide bonds. The monoisotopic (exact) mass is 244 g/mol. The van der Waals surface area contributed by atoms with Gasteiger partial charge in [0.1, 0.15) is 4.32 Å². The van der Waals surface area contributed by atoms with Crippen LogP contribution in [0.4, 0.5) is 0 Å². The van der Waals surface area contributed by atoms with Crippen LogP contribution in [0.5, 0.6) is 0 Å². The van der Waals surface area contributed by atoms with E-state index in [-0.39, 0.29) is 0 Å². The van der Waals surface area contributed by atoms with Crippen molar-refractivity contribution in [2.24, 2.45) is 0 Å². The van der Waals surface area contributed by atoms with Gasteiger partial charge in [-0.05, 0) is 25.7 Å². The van der Waals surface area contributed by atoms with Crippen molar-refractivity contribution >= 4 is 28.3 Å². The van der Waals surface area contributed by atoms with Crippen LogP contribution in [0.2, 0.25) is 0 Å². The largest absolute Gasteiger partial charge is 0.304 e. The van der Waals surface area contributed by atoms with Gasteiger partial charge in [0.15, 0.2) is 0 Å². The molecule has 2 fully saturated rings. The predicted molar refractivity (Wildman–Crippen MR) is 71.0 cm³/mol. The van der Waals surface area contributed by atoms with Gasteiger partial charge < -0.3 is 5.43 Å². The first kappa shape index (κ1) is 11.7. The van der Waals surface area contributed by atoms with E-state index >= 15 is 0 Å². The Bertz CT molecular complexity index is 209. The summed E-state index contributed by atoms with van der Waals surface area (Å²) in [5.74, 6) is 0. The second-order valence-electron chi connectivity index (χ2n) is 4.47. The first-order chi connectivity index (χ1) is 7.34. The number of thiocarbonyl (C=S) groups is 1. The van der Waals surface area contributed by atoms with E-state index in [1.54, 1.807) is 0 Å². The van der Waals surface area contributed by atoms with Gasteiger partial charge in [-0.15, -0.1) is 0 Å². The summed E-state index contributed by atoms with van der Waals surface area (Å²) in [6, 6.07) is 0. The summed E-state index contributed by atoms with van der Waals surface area (Å²) in [7, 11) is 0. The number of rotatable bonds is 2. The van der Waals surface area contributed by atoms with Gasteiger partial charge in [-0.3, -0.25) is 0 Å². The molecule has 86 valence electrons. The lowest BCUT2D eigenvalue weighted by atomic mass is 10.2. The highest BCUT2D eigenvalue weighted by atomic mass is 32.2. The van der Waals surface area contributed by atoms with Crippen LogP contribution < -0.4 is 5.43 Å². The maximum absolute atomic E-state index is 5.38. The smallest absolute Gasteiger partial charge is 0.148 e. The summed E-state index contributed by atoms with van der Waals surface area (Å²) in [5, 5.41) is 3.07. The van der Waals surface area contributed by atoms with Crippen molar-refractivity contribution in [3.8, 4) is 0 Å². The van der Waals surface area contributed by atoms with Crippen molar-refractivity contribution < 1.29 is 0 Å². The van der Waals surface area contributed by atoms with Crippen molar-refractivity contribution in [1.82, 2.24) is 10.4 Å². The Balaban J connectivity index is 1.66. The van der Waals surface area contributed by atoms with Crippen LogP contribution in [-0.2, 0) is 0 Å². The lowest BCUT2D eigenvalue weighted by Crippen LogP contribution is -2.43. The van der Waals surface area contributed by atoms with Gasteiger partial charge in [0.25, 0.3) is 0 Å². The lowest BCUT2D eigenvalue weighted by molar-refractivity contribution is 0.197. The molecule has 2 nitrogen and oxygen atoms in total. The third kappa shape index (κ3) is 3.93. The Kier molecular flexibility index (Phi) is 4.72. The maximum Gasteiger partial charge on any atom is 0.148 e. The van der Waals surface area contributed by atoms with Crippen LogP contribution in [0.3, 0.4) is 0 Å². The zero-order valence-corrected chi connectivity index (χ0v) is 10.8. The minimum atomic E-state index is 0.787. The molecule has 4 heteroatoms. The quantitative estimate of drug-likeness (QED) is 0.751. The molecule has 0 atom stereocenters. The molecule has 15 heavy (non-hydrogen) atoms. The van der Waals surface area contributed by atoms with Crippen LogP contribution in [0.1, 0.15) is 44.9 Å². The van der Waals surface area contributed by atoms with E-state index in [0.717, 1.165) is 22.7 Å². The van der Waals surface area contributed by atoms with Crippen molar-refractivity contribution in [1.29, 1.82) is 0 Å². The molecule has 1 saturated carbocycles. The van der Waals surface area contributed by atoms with Gasteiger partial charge in [0, 0.05) is 18.3 Å². The van der Waals surface area contributed by atoms with Crippen LogP contribution in [0.15, 0.2) is 0 Å². The van der Waals surface area contributed by atoms with E-state index in [2.05, 4.69) is 10.4 Å². The summed E-state index contributed by atoms with van der Waals surface area (Å²) in [6.07, 6.45) is 9.49. The van der Waals surface area contributed by atoms with Gasteiger partial charge in [-0.1, -0.05) is 43.2 Å². The third-order valence-electron chi connectivity index (χ3n) is 3.18. The molecule has 0 aromatic rings. The van der Waals surface area contributed by atoms with Gasteiger partial charge in [0.2, 0.25) is 0 Å². The molecular formula is C11H20N2S2. The minimum Gasteiger partial charge on any atom is -0.304 e. The van der Waals surface area contributed by atoms with E-state index in [0.29, 0.717) is 0 Å². The van der Waals surface area contributed by atoms with Gasteiger partial charge in [0.05, 0.1) is 0 Å². The molecule has 0 aromatic carbocycles. The van der Waals surface area contributed by atoms with Gasteiger partial charge >= 0.3 is 0 Å². The van der Waals surface area contributed by atoms with E-state index in [9.17, 15) is 0 Å². The molecule has 1 N–H and O–H groups in total. The highest BCUT2D eigenvalue weighted by Gasteiger charge is 2.18. The van der Waals surface area contributed by atoms with Crippen LogP contribution >= 0.6 is 24.0 Å². The summed E-state index contributed by atoms with van der Waals surface area (Å²) >= 11 is 7.26. The summed E-state index contributed by atoms with van der Waals surface area (Å²) < 4.78 is 0.990. The Morgan fingerprint density at radius 1 is 1.07 bits per heavy atom. The predicted octanol–water partition coefficient (Wildman–Crippen LogP) is 2.94. The Morgan fingerprint density at radius 2 is 1.73 bits per heavy atom. The number of hydrazine groups is 1. The molecule has 0 radical (unpaired) electrons. The fraction of sp³-hybridized carbons (Fsp3) is 0.909. The summed E-state index contributed by atoms with van der Waals surface area (Å²) in [6.45, 7) is 2.32.